The van der Waals surface area contributed by atoms with E-state index in [1.807, 2.05) is 30.5 Å². The summed E-state index contributed by atoms with van der Waals surface area (Å²) in [6.45, 7) is 0. The van der Waals surface area contributed by atoms with E-state index in [0.717, 1.165) is 10.9 Å². The molecule has 0 unspecified atom stereocenters. The van der Waals surface area contributed by atoms with Gasteiger partial charge in [0.25, 0.3) is 0 Å². The lowest BCUT2D eigenvalue weighted by Crippen LogP contribution is -2.27. The molecule has 0 radical (unpaired) electrons. The molecule has 1 aromatic heterocycles. The summed E-state index contributed by atoms with van der Waals surface area (Å²) in [5, 5.41) is 5.92. The highest BCUT2D eigenvalue weighted by Crippen LogP contribution is 2.23. The van der Waals surface area contributed by atoms with Crippen molar-refractivity contribution in [1.82, 2.24) is 10.3 Å². The van der Waals surface area contributed by atoms with Gasteiger partial charge in [-0.2, -0.15) is 0 Å². The average Bonchev–Trinajstić information content (AvgIpc) is 2.96. The number of carbonyl (C=O) groups is 2. The molecule has 7 heteroatoms. The zero-order valence-electron chi connectivity index (χ0n) is 10.3. The Morgan fingerprint density at radius 2 is 2.25 bits per heavy atom. The maximum atomic E-state index is 11.9. The summed E-state index contributed by atoms with van der Waals surface area (Å²) in [6.07, 6.45) is 1.96. The summed E-state index contributed by atoms with van der Waals surface area (Å²) in [4.78, 5) is 26.5. The van der Waals surface area contributed by atoms with Crippen LogP contribution < -0.4 is 10.6 Å². The van der Waals surface area contributed by atoms with Gasteiger partial charge in [-0.1, -0.05) is 24.0 Å². The lowest BCUT2D eigenvalue weighted by molar-refractivity contribution is -0.122. The van der Waals surface area contributed by atoms with Crippen LogP contribution in [0, 0.1) is 0 Å². The zero-order chi connectivity index (χ0) is 14.1. The fourth-order valence-electron chi connectivity index (χ4n) is 2.04. The molecular formula is C13H11N3O2S2. The molecule has 3 N–H and O–H groups in total. The third-order valence-electron chi connectivity index (χ3n) is 2.97. The van der Waals surface area contributed by atoms with Crippen molar-refractivity contribution in [1.29, 1.82) is 0 Å². The number of hydrogen-bond donors (Lipinski definition) is 3. The quantitative estimate of drug-likeness (QED) is 0.758. The van der Waals surface area contributed by atoms with E-state index in [9.17, 15) is 9.59 Å². The molecule has 5 nitrogen and oxygen atoms in total. The molecule has 0 bridgehead atoms. The van der Waals surface area contributed by atoms with Crippen molar-refractivity contribution in [2.24, 2.45) is 0 Å². The van der Waals surface area contributed by atoms with E-state index in [0.29, 0.717) is 10.0 Å². The number of fused-ring (bicyclic) bond motifs is 1. The van der Waals surface area contributed by atoms with Crippen molar-refractivity contribution < 1.29 is 9.59 Å². The minimum atomic E-state index is -0.432. The van der Waals surface area contributed by atoms with Gasteiger partial charge >= 0.3 is 0 Å². The van der Waals surface area contributed by atoms with Crippen LogP contribution in [0.5, 0.6) is 0 Å². The molecule has 0 spiro atoms. The lowest BCUT2D eigenvalue weighted by Gasteiger charge is -2.07. The summed E-state index contributed by atoms with van der Waals surface area (Å²) in [7, 11) is 0. The number of benzene rings is 1. The molecular weight excluding hydrogens is 294 g/mol. The highest BCUT2D eigenvalue weighted by molar-refractivity contribution is 8.24. The number of aromatic nitrogens is 1. The van der Waals surface area contributed by atoms with Crippen LogP contribution >= 0.6 is 24.0 Å². The van der Waals surface area contributed by atoms with Gasteiger partial charge < -0.3 is 15.6 Å². The van der Waals surface area contributed by atoms with Gasteiger partial charge in [0.2, 0.25) is 11.8 Å². The third-order valence-corrected chi connectivity index (χ3v) is 4.35. The van der Waals surface area contributed by atoms with Gasteiger partial charge in [0.1, 0.15) is 4.32 Å². The van der Waals surface area contributed by atoms with Crippen LogP contribution in [0.4, 0.5) is 5.69 Å². The van der Waals surface area contributed by atoms with Gasteiger partial charge in [-0.25, -0.2) is 0 Å². The third kappa shape index (κ3) is 2.68. The molecule has 102 valence electrons. The largest absolute Gasteiger partial charge is 0.361 e. The first kappa shape index (κ1) is 13.1. The number of rotatable bonds is 3. The minimum absolute atomic E-state index is 0.113. The SMILES string of the molecule is O=C(C[C@H]1SC(=S)NC1=O)Nc1ccc2[nH]ccc2c1. The van der Waals surface area contributed by atoms with Crippen molar-refractivity contribution >= 4 is 56.7 Å². The fraction of sp³-hybridized carbons (Fsp3) is 0.154. The second kappa shape index (κ2) is 5.26. The Morgan fingerprint density at radius 1 is 1.40 bits per heavy atom. The first-order valence-electron chi connectivity index (χ1n) is 6.00. The van der Waals surface area contributed by atoms with Gasteiger partial charge in [-0.3, -0.25) is 9.59 Å². The minimum Gasteiger partial charge on any atom is -0.361 e. The Morgan fingerprint density at radius 3 is 3.00 bits per heavy atom. The number of thioether (sulfide) groups is 1. The molecule has 1 aliphatic rings. The molecule has 1 saturated heterocycles. The lowest BCUT2D eigenvalue weighted by atomic mass is 10.2. The predicted molar refractivity (Wildman–Crippen MR) is 83.7 cm³/mol. The Balaban J connectivity index is 1.66. The summed E-state index contributed by atoms with van der Waals surface area (Å²) in [5.41, 5.74) is 1.73. The number of thiocarbonyl (C=S) groups is 1. The van der Waals surface area contributed by atoms with E-state index in [4.69, 9.17) is 12.2 Å². The fourth-order valence-corrected chi connectivity index (χ4v) is 3.31. The van der Waals surface area contributed by atoms with E-state index in [-0.39, 0.29) is 18.2 Å². The number of amides is 2. The van der Waals surface area contributed by atoms with E-state index in [2.05, 4.69) is 15.6 Å². The number of aromatic amines is 1. The summed E-state index contributed by atoms with van der Waals surface area (Å²) in [6, 6.07) is 7.54. The molecule has 1 aromatic carbocycles. The van der Waals surface area contributed by atoms with Crippen molar-refractivity contribution in [2.75, 3.05) is 5.32 Å². The second-order valence-electron chi connectivity index (χ2n) is 4.42. The van der Waals surface area contributed by atoms with Crippen LogP contribution in [-0.2, 0) is 9.59 Å². The van der Waals surface area contributed by atoms with Crippen molar-refractivity contribution in [2.45, 2.75) is 11.7 Å². The maximum absolute atomic E-state index is 11.9. The molecule has 0 saturated carbocycles. The van der Waals surface area contributed by atoms with Crippen molar-refractivity contribution in [3.05, 3.63) is 30.5 Å². The standard InChI is InChI=1S/C13H11N3O2S2/c17-11(6-10-12(18)16-13(19)20-10)15-8-1-2-9-7(5-8)3-4-14-9/h1-5,10,14H,6H2,(H,15,17)(H,16,18,19)/t10-/m1/s1. The summed E-state index contributed by atoms with van der Waals surface area (Å²) >= 11 is 6.12. The van der Waals surface area contributed by atoms with Crippen LogP contribution in [0.25, 0.3) is 10.9 Å². The smallest absolute Gasteiger partial charge is 0.239 e. The molecule has 1 atom stereocenters. The topological polar surface area (TPSA) is 74.0 Å². The first-order chi connectivity index (χ1) is 9.61. The van der Waals surface area contributed by atoms with Gasteiger partial charge in [-0.15, -0.1) is 0 Å². The Kier molecular flexibility index (Phi) is 3.45. The highest BCUT2D eigenvalue weighted by Gasteiger charge is 2.30. The van der Waals surface area contributed by atoms with Crippen LogP contribution in [0.2, 0.25) is 0 Å². The number of hydrogen-bond acceptors (Lipinski definition) is 4. The van der Waals surface area contributed by atoms with E-state index in [1.165, 1.54) is 11.8 Å². The molecule has 1 fully saturated rings. The summed E-state index contributed by atoms with van der Waals surface area (Å²) < 4.78 is 0.432. The van der Waals surface area contributed by atoms with Crippen LogP contribution in [-0.4, -0.2) is 26.4 Å². The van der Waals surface area contributed by atoms with E-state index < -0.39 is 5.25 Å². The second-order valence-corrected chi connectivity index (χ2v) is 6.29. The molecule has 2 heterocycles. The first-order valence-corrected chi connectivity index (χ1v) is 7.29. The number of nitrogens with one attached hydrogen (secondary N) is 3. The zero-order valence-corrected chi connectivity index (χ0v) is 11.9. The maximum Gasteiger partial charge on any atom is 0.239 e. The highest BCUT2D eigenvalue weighted by atomic mass is 32.2. The van der Waals surface area contributed by atoms with Gasteiger partial charge in [0, 0.05) is 29.2 Å². The molecule has 0 aliphatic carbocycles. The number of anilines is 1. The number of H-pyrrole nitrogens is 1. The number of carbonyl (C=O) groups excluding carboxylic acids is 2. The molecule has 1 aliphatic heterocycles. The van der Waals surface area contributed by atoms with Gasteiger partial charge in [-0.05, 0) is 24.3 Å². The molecule has 3 rings (SSSR count). The van der Waals surface area contributed by atoms with Crippen molar-refractivity contribution in [3.8, 4) is 0 Å². The Bertz CT molecular complexity index is 710. The Labute approximate surface area is 124 Å². The van der Waals surface area contributed by atoms with Crippen LogP contribution in [0.1, 0.15) is 6.42 Å². The van der Waals surface area contributed by atoms with Gasteiger partial charge in [0.15, 0.2) is 0 Å². The Hall–Kier alpha value is -1.86. The van der Waals surface area contributed by atoms with Gasteiger partial charge in [0.05, 0.1) is 5.25 Å². The normalized spacial score (nSPS) is 18.3. The monoisotopic (exact) mass is 305 g/mol. The molecule has 20 heavy (non-hydrogen) atoms. The van der Waals surface area contributed by atoms with Crippen LogP contribution in [0.3, 0.4) is 0 Å². The molecule has 2 aromatic rings. The van der Waals surface area contributed by atoms with Crippen LogP contribution in [0.15, 0.2) is 30.5 Å². The summed E-state index contributed by atoms with van der Waals surface area (Å²) in [5.74, 6) is -0.395. The molecule has 2 amide bonds. The average molecular weight is 305 g/mol. The van der Waals surface area contributed by atoms with E-state index in [1.54, 1.807) is 0 Å². The predicted octanol–water partition coefficient (Wildman–Crippen LogP) is 2.01. The van der Waals surface area contributed by atoms with Crippen molar-refractivity contribution in [3.63, 3.8) is 0 Å². The van der Waals surface area contributed by atoms with E-state index >= 15 is 0 Å².